The van der Waals surface area contributed by atoms with Crippen LogP contribution in [0.5, 0.6) is 0 Å². The lowest BCUT2D eigenvalue weighted by atomic mass is 10.0. The van der Waals surface area contributed by atoms with Gasteiger partial charge in [0.1, 0.15) is 11.9 Å². The summed E-state index contributed by atoms with van der Waals surface area (Å²) in [6.45, 7) is 3.89. The topological polar surface area (TPSA) is 49.4 Å². The Morgan fingerprint density at radius 1 is 1.43 bits per heavy atom. The summed E-state index contributed by atoms with van der Waals surface area (Å²) in [5, 5.41) is 2.94. The van der Waals surface area contributed by atoms with Crippen molar-refractivity contribution in [1.29, 1.82) is 0 Å². The average molecular weight is 313 g/mol. The smallest absolute Gasteiger partial charge is 0.245 e. The summed E-state index contributed by atoms with van der Waals surface area (Å²) in [6.07, 6.45) is 0.562. The van der Waals surface area contributed by atoms with E-state index in [4.69, 9.17) is 11.6 Å². The van der Waals surface area contributed by atoms with E-state index in [0.29, 0.717) is 6.42 Å². The maximum Gasteiger partial charge on any atom is 0.245 e. The summed E-state index contributed by atoms with van der Waals surface area (Å²) in [5.41, 5.74) is 0.241. The van der Waals surface area contributed by atoms with Gasteiger partial charge < -0.3 is 10.2 Å². The molecule has 2 amide bonds. The molecule has 2 rings (SSSR count). The fraction of sp³-hybridized carbons (Fsp3) is 0.467. The van der Waals surface area contributed by atoms with Crippen molar-refractivity contribution in [2.75, 3.05) is 6.54 Å². The molecule has 1 fully saturated rings. The van der Waals surface area contributed by atoms with E-state index in [0.717, 1.165) is 0 Å². The number of hydrogen-bond donors (Lipinski definition) is 1. The molecule has 0 radical (unpaired) electrons. The van der Waals surface area contributed by atoms with Crippen LogP contribution in [0.1, 0.15) is 25.8 Å². The van der Waals surface area contributed by atoms with Crippen molar-refractivity contribution >= 4 is 23.4 Å². The van der Waals surface area contributed by atoms with Gasteiger partial charge in [-0.05, 0) is 24.5 Å². The number of amides is 2. The van der Waals surface area contributed by atoms with Gasteiger partial charge in [-0.15, -0.1) is 0 Å². The van der Waals surface area contributed by atoms with E-state index in [-0.39, 0.29) is 41.4 Å². The second-order valence-corrected chi connectivity index (χ2v) is 6.05. The third-order valence-electron chi connectivity index (χ3n) is 3.40. The fourth-order valence-corrected chi connectivity index (χ4v) is 2.64. The number of rotatable bonds is 4. The monoisotopic (exact) mass is 312 g/mol. The molecule has 0 spiro atoms. The number of piperazine rings is 1. The lowest BCUT2D eigenvalue weighted by molar-refractivity contribution is -0.145. The van der Waals surface area contributed by atoms with Crippen LogP contribution in [-0.2, 0) is 16.1 Å². The van der Waals surface area contributed by atoms with Crippen LogP contribution in [0.25, 0.3) is 0 Å². The summed E-state index contributed by atoms with van der Waals surface area (Å²) >= 11 is 5.98. The van der Waals surface area contributed by atoms with Gasteiger partial charge in [0.15, 0.2) is 0 Å². The number of nitrogens with zero attached hydrogens (tertiary/aromatic N) is 1. The van der Waals surface area contributed by atoms with E-state index in [1.807, 2.05) is 13.8 Å². The average Bonchev–Trinajstić information content (AvgIpc) is 2.38. The molecule has 0 bridgehead atoms. The Hall–Kier alpha value is -1.62. The van der Waals surface area contributed by atoms with Gasteiger partial charge in [-0.2, -0.15) is 0 Å². The minimum Gasteiger partial charge on any atom is -0.343 e. The third kappa shape index (κ3) is 3.73. The lowest BCUT2D eigenvalue weighted by Gasteiger charge is -2.33. The molecular weight excluding hydrogens is 295 g/mol. The van der Waals surface area contributed by atoms with Crippen LogP contribution in [0, 0.1) is 11.7 Å². The minimum atomic E-state index is -0.545. The molecular formula is C15H18ClFN2O2. The molecule has 6 heteroatoms. The van der Waals surface area contributed by atoms with Crippen LogP contribution in [0.2, 0.25) is 5.02 Å². The molecule has 1 saturated heterocycles. The quantitative estimate of drug-likeness (QED) is 0.928. The summed E-state index contributed by atoms with van der Waals surface area (Å²) in [6, 6.07) is 3.83. The van der Waals surface area contributed by atoms with Crippen LogP contribution in [0.3, 0.4) is 0 Å². The third-order valence-corrected chi connectivity index (χ3v) is 3.75. The van der Waals surface area contributed by atoms with Crippen LogP contribution in [0.15, 0.2) is 18.2 Å². The molecule has 1 atom stereocenters. The Bertz CT molecular complexity index is 542. The summed E-state index contributed by atoms with van der Waals surface area (Å²) < 4.78 is 13.8. The highest BCUT2D eigenvalue weighted by Gasteiger charge is 2.33. The molecule has 1 aromatic rings. The number of carbonyl (C=O) groups excluding carboxylic acids is 2. The zero-order valence-electron chi connectivity index (χ0n) is 12.0. The predicted octanol–water partition coefficient (Wildman–Crippen LogP) is 2.35. The second-order valence-electron chi connectivity index (χ2n) is 5.64. The Morgan fingerprint density at radius 3 is 2.76 bits per heavy atom. The lowest BCUT2D eigenvalue weighted by Crippen LogP contribution is -2.57. The van der Waals surface area contributed by atoms with Crippen molar-refractivity contribution in [3.8, 4) is 0 Å². The van der Waals surface area contributed by atoms with Gasteiger partial charge in [0.2, 0.25) is 11.8 Å². The molecule has 1 aliphatic rings. The van der Waals surface area contributed by atoms with Crippen molar-refractivity contribution < 1.29 is 14.0 Å². The van der Waals surface area contributed by atoms with Crippen LogP contribution < -0.4 is 5.32 Å². The fourth-order valence-electron chi connectivity index (χ4n) is 2.41. The summed E-state index contributed by atoms with van der Waals surface area (Å²) in [5.74, 6) is -0.617. The van der Waals surface area contributed by atoms with Gasteiger partial charge in [0, 0.05) is 10.6 Å². The minimum absolute atomic E-state index is 0.00630. The number of benzene rings is 1. The number of hydrogen-bond acceptors (Lipinski definition) is 2. The Balaban J connectivity index is 2.18. The maximum absolute atomic E-state index is 13.8. The van der Waals surface area contributed by atoms with Crippen LogP contribution in [-0.4, -0.2) is 29.3 Å². The zero-order chi connectivity index (χ0) is 15.6. The van der Waals surface area contributed by atoms with E-state index >= 15 is 0 Å². The van der Waals surface area contributed by atoms with Crippen molar-refractivity contribution in [1.82, 2.24) is 10.2 Å². The largest absolute Gasteiger partial charge is 0.343 e. The van der Waals surface area contributed by atoms with Gasteiger partial charge in [-0.25, -0.2) is 4.39 Å². The summed E-state index contributed by atoms with van der Waals surface area (Å²) in [4.78, 5) is 25.5. The molecule has 0 aliphatic carbocycles. The molecule has 114 valence electrons. The van der Waals surface area contributed by atoms with Gasteiger partial charge >= 0.3 is 0 Å². The first-order valence-electron chi connectivity index (χ1n) is 6.89. The van der Waals surface area contributed by atoms with Crippen molar-refractivity contribution in [3.05, 3.63) is 34.6 Å². The highest BCUT2D eigenvalue weighted by molar-refractivity contribution is 6.31. The zero-order valence-corrected chi connectivity index (χ0v) is 12.8. The van der Waals surface area contributed by atoms with Gasteiger partial charge in [-0.1, -0.05) is 31.5 Å². The molecule has 0 saturated carbocycles. The number of nitrogens with one attached hydrogen (secondary N) is 1. The molecule has 21 heavy (non-hydrogen) atoms. The Kier molecular flexibility index (Phi) is 4.83. The number of carbonyl (C=O) groups is 2. The highest BCUT2D eigenvalue weighted by atomic mass is 35.5. The first-order chi connectivity index (χ1) is 9.88. The summed E-state index contributed by atoms with van der Waals surface area (Å²) in [7, 11) is 0. The van der Waals surface area contributed by atoms with Gasteiger partial charge in [-0.3, -0.25) is 9.59 Å². The van der Waals surface area contributed by atoms with Crippen molar-refractivity contribution in [2.24, 2.45) is 5.92 Å². The van der Waals surface area contributed by atoms with Crippen LogP contribution >= 0.6 is 11.6 Å². The SMILES string of the molecule is CC(C)CC1NC(=O)CN(Cc2c(F)cccc2Cl)C1=O. The second kappa shape index (κ2) is 6.43. The molecule has 1 aliphatic heterocycles. The molecule has 1 unspecified atom stereocenters. The van der Waals surface area contributed by atoms with Crippen LogP contribution in [0.4, 0.5) is 4.39 Å². The first-order valence-corrected chi connectivity index (χ1v) is 7.27. The Morgan fingerprint density at radius 2 is 2.14 bits per heavy atom. The van der Waals surface area contributed by atoms with E-state index in [2.05, 4.69) is 5.32 Å². The standard InChI is InChI=1S/C15H18ClFN2O2/c1-9(2)6-13-15(21)19(8-14(20)18-13)7-10-11(16)4-3-5-12(10)17/h3-5,9,13H,6-8H2,1-2H3,(H,18,20). The van der Waals surface area contributed by atoms with Crippen molar-refractivity contribution in [3.63, 3.8) is 0 Å². The predicted molar refractivity (Wildman–Crippen MR) is 78.2 cm³/mol. The normalized spacial score (nSPS) is 19.1. The van der Waals surface area contributed by atoms with E-state index in [1.165, 1.54) is 17.0 Å². The van der Waals surface area contributed by atoms with Crippen molar-refractivity contribution in [2.45, 2.75) is 32.9 Å². The first kappa shape index (κ1) is 15.8. The molecule has 1 aromatic carbocycles. The van der Waals surface area contributed by atoms with Gasteiger partial charge in [0.25, 0.3) is 0 Å². The molecule has 1 heterocycles. The van der Waals surface area contributed by atoms with E-state index in [1.54, 1.807) is 6.07 Å². The molecule has 1 N–H and O–H groups in total. The number of halogens is 2. The Labute approximate surface area is 128 Å². The molecule has 4 nitrogen and oxygen atoms in total. The molecule has 0 aromatic heterocycles. The maximum atomic E-state index is 13.8. The van der Waals surface area contributed by atoms with E-state index < -0.39 is 11.9 Å². The highest BCUT2D eigenvalue weighted by Crippen LogP contribution is 2.22. The van der Waals surface area contributed by atoms with E-state index in [9.17, 15) is 14.0 Å². The van der Waals surface area contributed by atoms with Gasteiger partial charge in [0.05, 0.1) is 13.1 Å².